The van der Waals surface area contributed by atoms with Crippen molar-refractivity contribution >= 4 is 45.1 Å². The van der Waals surface area contributed by atoms with E-state index in [0.29, 0.717) is 43.7 Å². The van der Waals surface area contributed by atoms with E-state index in [0.717, 1.165) is 32.6 Å². The Morgan fingerprint density at radius 3 is 2.48 bits per heavy atom. The number of aromatic hydroxyl groups is 1. The number of ether oxygens (including phenoxy) is 2. The van der Waals surface area contributed by atoms with Gasteiger partial charge in [-0.1, -0.05) is 58.4 Å². The Balaban J connectivity index is 1.21. The molecule has 7 nitrogen and oxygen atoms in total. The van der Waals surface area contributed by atoms with Crippen LogP contribution in [0.25, 0.3) is 11.6 Å². The summed E-state index contributed by atoms with van der Waals surface area (Å²) in [6.07, 6.45) is 5.18. The van der Waals surface area contributed by atoms with E-state index in [-0.39, 0.29) is 29.6 Å². The second kappa shape index (κ2) is 13.1. The van der Waals surface area contributed by atoms with Gasteiger partial charge < -0.3 is 14.6 Å². The molecule has 7 rings (SSSR count). The van der Waals surface area contributed by atoms with E-state index in [1.54, 1.807) is 18.3 Å². The number of aromatic nitrogens is 1. The van der Waals surface area contributed by atoms with Gasteiger partial charge in [0.2, 0.25) is 11.8 Å². The Morgan fingerprint density at radius 2 is 1.72 bits per heavy atom. The first-order chi connectivity index (χ1) is 22.5. The van der Waals surface area contributed by atoms with Crippen LogP contribution in [0.4, 0.5) is 5.69 Å². The van der Waals surface area contributed by atoms with Crippen LogP contribution < -0.4 is 9.64 Å². The zero-order valence-corrected chi connectivity index (χ0v) is 26.7. The van der Waals surface area contributed by atoms with Crippen molar-refractivity contribution in [1.29, 1.82) is 0 Å². The van der Waals surface area contributed by atoms with Crippen molar-refractivity contribution in [1.82, 2.24) is 4.98 Å². The third kappa shape index (κ3) is 5.90. The summed E-state index contributed by atoms with van der Waals surface area (Å²) < 4.78 is 13.6. The number of amides is 2. The highest BCUT2D eigenvalue weighted by molar-refractivity contribution is 9.10. The second-order valence-electron chi connectivity index (χ2n) is 11.9. The molecule has 46 heavy (non-hydrogen) atoms. The van der Waals surface area contributed by atoms with Crippen molar-refractivity contribution in [3.8, 4) is 11.5 Å². The summed E-state index contributed by atoms with van der Waals surface area (Å²) in [6.45, 7) is 0.688. The summed E-state index contributed by atoms with van der Waals surface area (Å²) in [6, 6.07) is 29.9. The third-order valence-electron chi connectivity index (χ3n) is 9.17. The van der Waals surface area contributed by atoms with Crippen molar-refractivity contribution in [2.75, 3.05) is 18.1 Å². The molecule has 0 bridgehead atoms. The van der Waals surface area contributed by atoms with E-state index in [9.17, 15) is 14.7 Å². The fourth-order valence-corrected chi connectivity index (χ4v) is 7.45. The first-order valence-electron chi connectivity index (χ1n) is 15.5. The lowest BCUT2D eigenvalue weighted by Gasteiger charge is -2.31. The minimum atomic E-state index is -0.474. The summed E-state index contributed by atoms with van der Waals surface area (Å²) in [5.74, 6) is -0.523. The summed E-state index contributed by atoms with van der Waals surface area (Å²) in [5, 5.41) is 10.6. The number of benzene rings is 3. The van der Waals surface area contributed by atoms with Crippen molar-refractivity contribution < 1.29 is 24.2 Å². The number of nitrogens with zero attached hydrogens (tertiary/aromatic N) is 2. The van der Waals surface area contributed by atoms with Gasteiger partial charge in [-0.2, -0.15) is 0 Å². The maximum absolute atomic E-state index is 14.0. The fraction of sp³-hybridized carbons (Fsp3) is 0.237. The number of rotatable bonds is 9. The molecule has 1 aliphatic carbocycles. The number of imide groups is 1. The number of hydrogen-bond acceptors (Lipinski definition) is 6. The Kier molecular flexibility index (Phi) is 8.56. The minimum absolute atomic E-state index is 0.157. The van der Waals surface area contributed by atoms with Crippen LogP contribution in [0, 0.1) is 17.8 Å². The number of phenolic OH excluding ortho intramolecular Hbond substituents is 1. The highest BCUT2D eigenvalue weighted by atomic mass is 79.9. The summed E-state index contributed by atoms with van der Waals surface area (Å²) in [5.41, 5.74) is 5.18. The molecule has 4 aromatic rings. The molecule has 3 heterocycles. The number of hydrogen-bond donors (Lipinski definition) is 1. The van der Waals surface area contributed by atoms with Gasteiger partial charge in [-0.15, -0.1) is 0 Å². The number of phenols is 1. The number of carbonyl (C=O) groups is 2. The number of fused-ring (bicyclic) bond motifs is 3. The molecule has 4 atom stereocenters. The normalized spacial score (nSPS) is 22.6. The molecule has 1 N–H and O–H groups in total. The van der Waals surface area contributed by atoms with Crippen LogP contribution in [0.15, 0.2) is 119 Å². The number of para-hydroxylation sites is 2. The number of allylic oxidation sites excluding steroid dienone is 1. The Bertz CT molecular complexity index is 1810. The van der Waals surface area contributed by atoms with Gasteiger partial charge in [-0.05, 0) is 96.7 Å². The van der Waals surface area contributed by atoms with E-state index in [2.05, 4.69) is 20.9 Å². The molecule has 1 aromatic heterocycles. The molecule has 0 saturated carbocycles. The molecular formula is C38H33BrN2O5. The molecule has 0 spiro atoms. The molecule has 2 aliphatic heterocycles. The van der Waals surface area contributed by atoms with Crippen molar-refractivity contribution in [2.24, 2.45) is 17.8 Å². The fourth-order valence-electron chi connectivity index (χ4n) is 7.07. The van der Waals surface area contributed by atoms with Crippen molar-refractivity contribution in [3.05, 3.63) is 130 Å². The number of halogens is 1. The molecule has 2 saturated heterocycles. The van der Waals surface area contributed by atoms with Gasteiger partial charge in [0.15, 0.2) is 0 Å². The smallest absolute Gasteiger partial charge is 0.238 e. The predicted octanol–water partition coefficient (Wildman–Crippen LogP) is 7.47. The molecule has 232 valence electrons. The van der Waals surface area contributed by atoms with Gasteiger partial charge in [-0.3, -0.25) is 19.5 Å². The van der Waals surface area contributed by atoms with Crippen molar-refractivity contribution in [2.45, 2.75) is 25.4 Å². The van der Waals surface area contributed by atoms with Gasteiger partial charge in [0.25, 0.3) is 0 Å². The summed E-state index contributed by atoms with van der Waals surface area (Å²) >= 11 is 3.51. The van der Waals surface area contributed by atoms with E-state index in [4.69, 9.17) is 9.47 Å². The minimum Gasteiger partial charge on any atom is -0.507 e. The molecule has 0 unspecified atom stereocenters. The van der Waals surface area contributed by atoms with Crippen LogP contribution >= 0.6 is 15.9 Å². The van der Waals surface area contributed by atoms with E-state index >= 15 is 0 Å². The molecule has 2 amide bonds. The van der Waals surface area contributed by atoms with Crippen LogP contribution in [0.5, 0.6) is 11.5 Å². The highest BCUT2D eigenvalue weighted by Crippen LogP contribution is 2.51. The zero-order chi connectivity index (χ0) is 31.6. The molecule has 3 aromatic carbocycles. The standard InChI is InChI=1S/C38H33BrN2O5/c39-27-15-16-33(42)25(20-27)19-24(32-13-7-8-18-40-32)14-17-34-35-26(22-45-29-11-5-2-6-12-29)21-30-36(31(35)23-46-34)38(44)41(37(30)43)28-9-3-1-4-10-28/h1-13,15-16,18-20,30-31,34,36,42H,14,17,21-23H2/b24-19-/t30-,31+,34-,36-/m1/s1. The summed E-state index contributed by atoms with van der Waals surface area (Å²) in [7, 11) is 0. The quantitative estimate of drug-likeness (QED) is 0.146. The Hall–Kier alpha value is -4.53. The van der Waals surface area contributed by atoms with Gasteiger partial charge >= 0.3 is 0 Å². The van der Waals surface area contributed by atoms with Crippen LogP contribution in [0.3, 0.4) is 0 Å². The number of carbonyl (C=O) groups excluding carboxylic acids is 2. The van der Waals surface area contributed by atoms with Gasteiger partial charge in [0, 0.05) is 22.2 Å². The SMILES string of the molecule is O=C1[C@@H]2[C@@H](CC(COc3ccccc3)=C3[C@@H](CC/C(=C/c4cc(Br)ccc4O)c4ccccn4)OC[C@@H]32)C(=O)N1c1ccccc1. The average Bonchev–Trinajstić information content (AvgIpc) is 3.62. The summed E-state index contributed by atoms with van der Waals surface area (Å²) in [4.78, 5) is 33.7. The molecular weight excluding hydrogens is 644 g/mol. The predicted molar refractivity (Wildman–Crippen MR) is 180 cm³/mol. The topological polar surface area (TPSA) is 89.0 Å². The maximum atomic E-state index is 14.0. The van der Waals surface area contributed by atoms with Gasteiger partial charge in [0.05, 0.1) is 35.9 Å². The average molecular weight is 678 g/mol. The van der Waals surface area contributed by atoms with E-state index in [1.807, 2.05) is 91.0 Å². The van der Waals surface area contributed by atoms with Gasteiger partial charge in [-0.25, -0.2) is 0 Å². The number of anilines is 1. The lowest BCUT2D eigenvalue weighted by molar-refractivity contribution is -0.122. The van der Waals surface area contributed by atoms with Crippen LogP contribution in [-0.2, 0) is 14.3 Å². The molecule has 0 radical (unpaired) electrons. The van der Waals surface area contributed by atoms with Crippen LogP contribution in [-0.4, -0.2) is 41.2 Å². The second-order valence-corrected chi connectivity index (χ2v) is 12.8. The largest absolute Gasteiger partial charge is 0.507 e. The van der Waals surface area contributed by atoms with Gasteiger partial charge in [0.1, 0.15) is 18.1 Å². The lowest BCUT2D eigenvalue weighted by Crippen LogP contribution is -2.35. The zero-order valence-electron chi connectivity index (χ0n) is 25.1. The monoisotopic (exact) mass is 676 g/mol. The number of pyridine rings is 1. The third-order valence-corrected chi connectivity index (χ3v) is 9.66. The van der Waals surface area contributed by atoms with E-state index in [1.165, 1.54) is 4.90 Å². The molecule has 3 aliphatic rings. The Labute approximate surface area is 276 Å². The van der Waals surface area contributed by atoms with Crippen LogP contribution in [0.2, 0.25) is 0 Å². The first-order valence-corrected chi connectivity index (χ1v) is 16.3. The Morgan fingerprint density at radius 1 is 0.957 bits per heavy atom. The molecule has 8 heteroatoms. The van der Waals surface area contributed by atoms with Crippen molar-refractivity contribution in [3.63, 3.8) is 0 Å². The lowest BCUT2D eigenvalue weighted by atomic mass is 9.69. The maximum Gasteiger partial charge on any atom is 0.238 e. The highest BCUT2D eigenvalue weighted by Gasteiger charge is 2.57. The first kappa shape index (κ1) is 30.1. The van der Waals surface area contributed by atoms with E-state index < -0.39 is 11.8 Å². The molecule has 2 fully saturated rings. The van der Waals surface area contributed by atoms with Crippen LogP contribution in [0.1, 0.15) is 30.5 Å².